The summed E-state index contributed by atoms with van der Waals surface area (Å²) in [6, 6.07) is 4.20. The van der Waals surface area contributed by atoms with Crippen molar-refractivity contribution < 1.29 is 13.2 Å². The molecule has 0 aliphatic heterocycles. The Kier molecular flexibility index (Phi) is 3.59. The van der Waals surface area contributed by atoms with Gasteiger partial charge in [0, 0.05) is 4.47 Å². The average molecular weight is 254 g/mol. The fourth-order valence-electron chi connectivity index (χ4n) is 0.820. The fourth-order valence-corrected chi connectivity index (χ4v) is 1.15. The van der Waals surface area contributed by atoms with Gasteiger partial charge in [-0.25, -0.2) is 13.2 Å². The van der Waals surface area contributed by atoms with Crippen molar-refractivity contribution in [1.29, 1.82) is 0 Å². The lowest BCUT2D eigenvalue weighted by Gasteiger charge is -2.06. The van der Waals surface area contributed by atoms with Crippen molar-refractivity contribution in [1.82, 2.24) is 0 Å². The number of nitrogens with one attached hydrogen (secondary N) is 1. The summed E-state index contributed by atoms with van der Waals surface area (Å²) in [5.74, 6) is -0.546. The van der Waals surface area contributed by atoms with E-state index in [9.17, 15) is 13.2 Å². The van der Waals surface area contributed by atoms with Crippen LogP contribution in [0.4, 0.5) is 18.9 Å². The molecule has 5 heteroatoms. The number of hydrogen-bond donors (Lipinski definition) is 1. The van der Waals surface area contributed by atoms with Crippen molar-refractivity contribution in [3.63, 3.8) is 0 Å². The summed E-state index contributed by atoms with van der Waals surface area (Å²) in [5.41, 5.74) is 0.0866. The largest absolute Gasteiger partial charge is 0.377 e. The first-order valence-corrected chi connectivity index (χ1v) is 4.36. The van der Waals surface area contributed by atoms with Crippen LogP contribution < -0.4 is 5.32 Å². The Balaban J connectivity index is 2.67. The lowest BCUT2D eigenvalue weighted by Crippen LogP contribution is -2.11. The number of alkyl halides is 2. The molecule has 0 fully saturated rings. The van der Waals surface area contributed by atoms with Gasteiger partial charge in [0.15, 0.2) is 0 Å². The first kappa shape index (κ1) is 10.4. The third-order valence-corrected chi connectivity index (χ3v) is 1.87. The highest BCUT2D eigenvalue weighted by atomic mass is 79.9. The molecule has 0 heterocycles. The number of hydrogen-bond acceptors (Lipinski definition) is 1. The van der Waals surface area contributed by atoms with Crippen molar-refractivity contribution in [2.24, 2.45) is 0 Å². The molecule has 0 aromatic heterocycles. The highest BCUT2D eigenvalue weighted by Crippen LogP contribution is 2.19. The minimum Gasteiger partial charge on any atom is -0.377 e. The van der Waals surface area contributed by atoms with E-state index in [1.807, 2.05) is 0 Å². The smallest absolute Gasteiger partial charge is 0.255 e. The molecular formula is C8H7BrF3N. The van der Waals surface area contributed by atoms with Crippen LogP contribution in [0.25, 0.3) is 0 Å². The SMILES string of the molecule is Fc1cc(Br)ccc1NCC(F)F. The lowest BCUT2D eigenvalue weighted by atomic mass is 10.3. The molecule has 0 atom stereocenters. The zero-order valence-corrected chi connectivity index (χ0v) is 8.11. The fraction of sp³-hybridized carbons (Fsp3) is 0.250. The quantitative estimate of drug-likeness (QED) is 0.872. The highest BCUT2D eigenvalue weighted by Gasteiger charge is 2.05. The van der Waals surface area contributed by atoms with Crippen LogP contribution in [0.3, 0.4) is 0 Å². The normalized spacial score (nSPS) is 10.5. The molecule has 13 heavy (non-hydrogen) atoms. The summed E-state index contributed by atoms with van der Waals surface area (Å²) >= 11 is 3.06. The summed E-state index contributed by atoms with van der Waals surface area (Å²) in [5, 5.41) is 2.29. The Hall–Kier alpha value is -0.710. The zero-order chi connectivity index (χ0) is 9.84. The summed E-state index contributed by atoms with van der Waals surface area (Å²) < 4.78 is 37.0. The summed E-state index contributed by atoms with van der Waals surface area (Å²) in [6.45, 7) is -0.543. The number of rotatable bonds is 3. The average Bonchev–Trinajstić information content (AvgIpc) is 2.02. The number of anilines is 1. The van der Waals surface area contributed by atoms with Gasteiger partial charge in [0.2, 0.25) is 0 Å². The van der Waals surface area contributed by atoms with E-state index in [1.165, 1.54) is 12.1 Å². The Morgan fingerprint density at radius 1 is 1.38 bits per heavy atom. The van der Waals surface area contributed by atoms with Gasteiger partial charge in [0.1, 0.15) is 5.82 Å². The first-order valence-electron chi connectivity index (χ1n) is 3.56. The Bertz CT molecular complexity index is 291. The van der Waals surface area contributed by atoms with Crippen LogP contribution in [0, 0.1) is 5.82 Å². The minimum atomic E-state index is -2.48. The van der Waals surface area contributed by atoms with Gasteiger partial charge in [-0.15, -0.1) is 0 Å². The van der Waals surface area contributed by atoms with Crippen LogP contribution in [0.5, 0.6) is 0 Å². The van der Waals surface area contributed by atoms with Crippen LogP contribution in [-0.2, 0) is 0 Å². The predicted molar refractivity (Wildman–Crippen MR) is 48.6 cm³/mol. The molecule has 0 spiro atoms. The molecule has 0 bridgehead atoms. The van der Waals surface area contributed by atoms with Crippen LogP contribution >= 0.6 is 15.9 Å². The van der Waals surface area contributed by atoms with E-state index in [-0.39, 0.29) is 5.69 Å². The summed E-state index contributed by atoms with van der Waals surface area (Å²) in [6.07, 6.45) is -2.48. The van der Waals surface area contributed by atoms with E-state index in [1.54, 1.807) is 6.07 Å². The molecule has 0 aliphatic carbocycles. The molecule has 1 N–H and O–H groups in total. The van der Waals surface area contributed by atoms with Crippen molar-refractivity contribution in [3.05, 3.63) is 28.5 Å². The highest BCUT2D eigenvalue weighted by molar-refractivity contribution is 9.10. The maximum absolute atomic E-state index is 13.0. The van der Waals surface area contributed by atoms with Crippen LogP contribution in [0.15, 0.2) is 22.7 Å². The van der Waals surface area contributed by atoms with E-state index >= 15 is 0 Å². The molecule has 0 aliphatic rings. The lowest BCUT2D eigenvalue weighted by molar-refractivity contribution is 0.163. The molecule has 0 saturated carbocycles. The Labute approximate surface area is 82.1 Å². The van der Waals surface area contributed by atoms with E-state index in [0.29, 0.717) is 4.47 Å². The Morgan fingerprint density at radius 2 is 2.08 bits per heavy atom. The monoisotopic (exact) mass is 253 g/mol. The van der Waals surface area contributed by atoms with Gasteiger partial charge in [-0.2, -0.15) is 0 Å². The molecule has 72 valence electrons. The molecule has 0 unspecified atom stereocenters. The van der Waals surface area contributed by atoms with Gasteiger partial charge in [-0.05, 0) is 18.2 Å². The van der Waals surface area contributed by atoms with Crippen LogP contribution in [0.1, 0.15) is 0 Å². The van der Waals surface area contributed by atoms with Gasteiger partial charge in [0.25, 0.3) is 6.43 Å². The van der Waals surface area contributed by atoms with Crippen molar-refractivity contribution in [2.45, 2.75) is 6.43 Å². The van der Waals surface area contributed by atoms with Gasteiger partial charge in [-0.1, -0.05) is 15.9 Å². The second kappa shape index (κ2) is 4.50. The molecular weight excluding hydrogens is 247 g/mol. The maximum atomic E-state index is 13.0. The zero-order valence-electron chi connectivity index (χ0n) is 6.53. The molecule has 0 saturated heterocycles. The van der Waals surface area contributed by atoms with Gasteiger partial charge in [0.05, 0.1) is 12.2 Å². The maximum Gasteiger partial charge on any atom is 0.255 e. The van der Waals surface area contributed by atoms with Gasteiger partial charge in [-0.3, -0.25) is 0 Å². The van der Waals surface area contributed by atoms with E-state index in [0.717, 1.165) is 0 Å². The molecule has 1 rings (SSSR count). The molecule has 0 radical (unpaired) electrons. The topological polar surface area (TPSA) is 12.0 Å². The van der Waals surface area contributed by atoms with Crippen molar-refractivity contribution in [3.8, 4) is 0 Å². The van der Waals surface area contributed by atoms with E-state index < -0.39 is 18.8 Å². The second-order valence-electron chi connectivity index (χ2n) is 2.40. The predicted octanol–water partition coefficient (Wildman–Crippen LogP) is 3.27. The minimum absolute atomic E-state index is 0.0866. The second-order valence-corrected chi connectivity index (χ2v) is 3.31. The van der Waals surface area contributed by atoms with E-state index in [4.69, 9.17) is 0 Å². The first-order chi connectivity index (χ1) is 6.09. The van der Waals surface area contributed by atoms with Gasteiger partial charge >= 0.3 is 0 Å². The summed E-state index contributed by atoms with van der Waals surface area (Å²) in [7, 11) is 0. The van der Waals surface area contributed by atoms with Gasteiger partial charge < -0.3 is 5.32 Å². The third-order valence-electron chi connectivity index (χ3n) is 1.38. The third kappa shape index (κ3) is 3.26. The molecule has 1 aromatic rings. The van der Waals surface area contributed by atoms with E-state index in [2.05, 4.69) is 21.2 Å². The van der Waals surface area contributed by atoms with Crippen LogP contribution in [-0.4, -0.2) is 13.0 Å². The number of halogens is 4. The van der Waals surface area contributed by atoms with Crippen molar-refractivity contribution >= 4 is 21.6 Å². The molecule has 1 nitrogen and oxygen atoms in total. The standard InChI is InChI=1S/C8H7BrF3N/c9-5-1-2-7(6(10)3-5)13-4-8(11)12/h1-3,8,13H,4H2. The van der Waals surface area contributed by atoms with Crippen molar-refractivity contribution in [2.75, 3.05) is 11.9 Å². The van der Waals surface area contributed by atoms with Crippen LogP contribution in [0.2, 0.25) is 0 Å². The molecule has 1 aromatic carbocycles. The number of benzene rings is 1. The Morgan fingerprint density at radius 3 is 2.62 bits per heavy atom. The molecule has 0 amide bonds. The summed E-state index contributed by atoms with van der Waals surface area (Å²) in [4.78, 5) is 0.